The van der Waals surface area contributed by atoms with Gasteiger partial charge in [0.1, 0.15) is 0 Å². The summed E-state index contributed by atoms with van der Waals surface area (Å²) in [6.45, 7) is 0.296. The van der Waals surface area contributed by atoms with Crippen LogP contribution in [0.3, 0.4) is 0 Å². The highest BCUT2D eigenvalue weighted by Gasteiger charge is 2.37. The van der Waals surface area contributed by atoms with E-state index in [4.69, 9.17) is 4.74 Å². The fraction of sp³-hybridized carbons (Fsp3) is 0.533. The quantitative estimate of drug-likeness (QED) is 0.889. The first-order valence-corrected chi connectivity index (χ1v) is 7.17. The lowest BCUT2D eigenvalue weighted by atomic mass is 9.91. The van der Waals surface area contributed by atoms with Crippen molar-refractivity contribution in [1.82, 2.24) is 9.88 Å². The Morgan fingerprint density at radius 1 is 1.43 bits per heavy atom. The van der Waals surface area contributed by atoms with E-state index in [9.17, 15) is 14.7 Å². The van der Waals surface area contributed by atoms with Gasteiger partial charge in [-0.05, 0) is 31.2 Å². The van der Waals surface area contributed by atoms with Gasteiger partial charge in [-0.25, -0.2) is 4.98 Å². The van der Waals surface area contributed by atoms with Crippen molar-refractivity contribution >= 4 is 11.9 Å². The highest BCUT2D eigenvalue weighted by atomic mass is 16.5. The highest BCUT2D eigenvalue weighted by Crippen LogP contribution is 2.31. The lowest BCUT2D eigenvalue weighted by molar-refractivity contribution is -0.143. The summed E-state index contributed by atoms with van der Waals surface area (Å²) in [4.78, 5) is 29.7. The third kappa shape index (κ3) is 2.46. The Hall–Kier alpha value is -2.11. The first-order valence-electron chi connectivity index (χ1n) is 7.17. The monoisotopic (exact) mass is 290 g/mol. The highest BCUT2D eigenvalue weighted by molar-refractivity contribution is 5.96. The lowest BCUT2D eigenvalue weighted by Crippen LogP contribution is -2.47. The summed E-state index contributed by atoms with van der Waals surface area (Å²) in [6.07, 6.45) is 4.59. The second-order valence-electron chi connectivity index (χ2n) is 5.65. The molecule has 3 heterocycles. The molecule has 3 rings (SSSR count). The summed E-state index contributed by atoms with van der Waals surface area (Å²) < 4.78 is 5.11. The van der Waals surface area contributed by atoms with Crippen molar-refractivity contribution in [3.05, 3.63) is 23.4 Å². The van der Waals surface area contributed by atoms with Crippen molar-refractivity contribution in [1.29, 1.82) is 0 Å². The number of carbonyl (C=O) groups excluding carboxylic acids is 1. The molecular weight excluding hydrogens is 272 g/mol. The van der Waals surface area contributed by atoms with Gasteiger partial charge in [0.15, 0.2) is 0 Å². The summed E-state index contributed by atoms with van der Waals surface area (Å²) in [6, 6.07) is 1.94. The van der Waals surface area contributed by atoms with Crippen LogP contribution >= 0.6 is 0 Å². The fourth-order valence-corrected chi connectivity index (χ4v) is 3.24. The molecule has 1 amide bonds. The van der Waals surface area contributed by atoms with Crippen LogP contribution in [0, 0.1) is 5.92 Å². The van der Waals surface area contributed by atoms with Crippen LogP contribution in [0.2, 0.25) is 0 Å². The second-order valence-corrected chi connectivity index (χ2v) is 5.65. The maximum atomic E-state index is 12.7. The number of nitrogens with zero attached hydrogens (tertiary/aromatic N) is 2. The molecule has 0 saturated carbocycles. The number of aliphatic carboxylic acids is 1. The van der Waals surface area contributed by atoms with Crippen molar-refractivity contribution < 1.29 is 19.4 Å². The number of hydrogen-bond acceptors (Lipinski definition) is 4. The van der Waals surface area contributed by atoms with E-state index in [0.29, 0.717) is 24.4 Å². The number of pyridine rings is 1. The molecule has 0 bridgehead atoms. The second kappa shape index (κ2) is 5.35. The molecule has 112 valence electrons. The lowest BCUT2D eigenvalue weighted by Gasteiger charge is -2.37. The molecule has 2 aliphatic heterocycles. The molecule has 21 heavy (non-hydrogen) atoms. The molecule has 0 aromatic carbocycles. The van der Waals surface area contributed by atoms with Gasteiger partial charge < -0.3 is 14.7 Å². The number of hydrogen-bond donors (Lipinski definition) is 1. The predicted octanol–water partition coefficient (Wildman–Crippen LogP) is 1.34. The minimum Gasteiger partial charge on any atom is -0.481 e. The van der Waals surface area contributed by atoms with Gasteiger partial charge in [-0.1, -0.05) is 0 Å². The number of fused-ring (bicyclic) bond motifs is 2. The van der Waals surface area contributed by atoms with E-state index in [1.807, 2.05) is 0 Å². The molecule has 1 N–H and O–H groups in total. The molecule has 6 nitrogen and oxygen atoms in total. The van der Waals surface area contributed by atoms with Crippen LogP contribution < -0.4 is 4.74 Å². The Morgan fingerprint density at radius 3 is 2.95 bits per heavy atom. The maximum Gasteiger partial charge on any atom is 0.308 e. The van der Waals surface area contributed by atoms with Crippen LogP contribution in [0.25, 0.3) is 0 Å². The Bertz CT molecular complexity index is 587. The standard InChI is InChI=1S/C15H18N2O4/c1-21-13-6-9-2-4-11-5-3-10(15(19)20)8-17(11)14(18)12(9)7-16-13/h6-7,10-11H,2-5,8H2,1H3,(H,19,20). The molecule has 1 aromatic rings. The van der Waals surface area contributed by atoms with E-state index in [-0.39, 0.29) is 11.9 Å². The average molecular weight is 290 g/mol. The van der Waals surface area contributed by atoms with Crippen molar-refractivity contribution in [3.8, 4) is 5.88 Å². The Balaban J connectivity index is 1.92. The van der Waals surface area contributed by atoms with Crippen molar-refractivity contribution in [2.24, 2.45) is 5.92 Å². The van der Waals surface area contributed by atoms with E-state index in [0.717, 1.165) is 24.8 Å². The number of rotatable bonds is 2. The Morgan fingerprint density at radius 2 is 2.24 bits per heavy atom. The zero-order chi connectivity index (χ0) is 15.0. The van der Waals surface area contributed by atoms with Gasteiger partial charge in [-0.2, -0.15) is 0 Å². The molecule has 1 fully saturated rings. The average Bonchev–Trinajstić information content (AvgIpc) is 2.64. The number of amides is 1. The normalized spacial score (nSPS) is 24.8. The molecule has 2 atom stereocenters. The molecule has 1 saturated heterocycles. The number of methoxy groups -OCH3 is 1. The van der Waals surface area contributed by atoms with Crippen LogP contribution in [-0.4, -0.2) is 46.6 Å². The van der Waals surface area contributed by atoms with Gasteiger partial charge in [-0.3, -0.25) is 9.59 Å². The van der Waals surface area contributed by atoms with Gasteiger partial charge >= 0.3 is 5.97 Å². The summed E-state index contributed by atoms with van der Waals surface area (Å²) in [5, 5.41) is 9.18. The predicted molar refractivity (Wildman–Crippen MR) is 74.3 cm³/mol. The molecule has 6 heteroatoms. The van der Waals surface area contributed by atoms with E-state index in [2.05, 4.69) is 4.98 Å². The minimum absolute atomic E-state index is 0.103. The van der Waals surface area contributed by atoms with Crippen molar-refractivity contribution in [3.63, 3.8) is 0 Å². The number of carbonyl (C=O) groups is 2. The number of carboxylic acid groups (broad SMARTS) is 1. The van der Waals surface area contributed by atoms with Crippen molar-refractivity contribution in [2.45, 2.75) is 31.7 Å². The molecule has 0 aliphatic carbocycles. The van der Waals surface area contributed by atoms with E-state index >= 15 is 0 Å². The molecule has 2 unspecified atom stereocenters. The minimum atomic E-state index is -0.821. The third-order valence-corrected chi connectivity index (χ3v) is 4.47. The first-order chi connectivity index (χ1) is 10.1. The topological polar surface area (TPSA) is 79.7 Å². The molecule has 2 aliphatic rings. The number of aromatic nitrogens is 1. The van der Waals surface area contributed by atoms with E-state index < -0.39 is 11.9 Å². The summed E-state index contributed by atoms with van der Waals surface area (Å²) >= 11 is 0. The zero-order valence-electron chi connectivity index (χ0n) is 11.9. The maximum absolute atomic E-state index is 12.7. The number of piperidine rings is 1. The third-order valence-electron chi connectivity index (χ3n) is 4.47. The summed E-state index contributed by atoms with van der Waals surface area (Å²) in [7, 11) is 1.55. The molecule has 0 spiro atoms. The van der Waals surface area contributed by atoms with Crippen LogP contribution in [0.5, 0.6) is 5.88 Å². The fourth-order valence-electron chi connectivity index (χ4n) is 3.24. The number of carboxylic acids is 1. The SMILES string of the molecule is COc1cc2c(cn1)C(=O)N1CC(C(=O)O)CCC1CC2. The van der Waals surface area contributed by atoms with Gasteiger partial charge in [0.25, 0.3) is 5.91 Å². The molecule has 0 radical (unpaired) electrons. The smallest absolute Gasteiger partial charge is 0.308 e. The number of ether oxygens (including phenoxy) is 1. The largest absolute Gasteiger partial charge is 0.481 e. The van der Waals surface area contributed by atoms with Gasteiger partial charge in [0.2, 0.25) is 5.88 Å². The first kappa shape index (κ1) is 13.9. The Labute approximate surface area is 122 Å². The van der Waals surface area contributed by atoms with Gasteiger partial charge in [0, 0.05) is 24.8 Å². The van der Waals surface area contributed by atoms with Crippen LogP contribution in [-0.2, 0) is 11.2 Å². The van der Waals surface area contributed by atoms with Crippen LogP contribution in [0.15, 0.2) is 12.3 Å². The van der Waals surface area contributed by atoms with E-state index in [1.165, 1.54) is 0 Å². The van der Waals surface area contributed by atoms with Crippen LogP contribution in [0.4, 0.5) is 0 Å². The van der Waals surface area contributed by atoms with Gasteiger partial charge in [-0.15, -0.1) is 0 Å². The summed E-state index contributed by atoms with van der Waals surface area (Å²) in [5.41, 5.74) is 1.51. The van der Waals surface area contributed by atoms with E-state index in [1.54, 1.807) is 24.3 Å². The van der Waals surface area contributed by atoms with Crippen molar-refractivity contribution in [2.75, 3.05) is 13.7 Å². The Kier molecular flexibility index (Phi) is 3.53. The number of aryl methyl sites for hydroxylation is 1. The van der Waals surface area contributed by atoms with Gasteiger partial charge in [0.05, 0.1) is 18.6 Å². The van der Waals surface area contributed by atoms with Crippen LogP contribution in [0.1, 0.15) is 35.2 Å². The summed E-state index contributed by atoms with van der Waals surface area (Å²) in [5.74, 6) is -0.880. The molecular formula is C15H18N2O4. The zero-order valence-corrected chi connectivity index (χ0v) is 11.9. The molecule has 1 aromatic heterocycles.